The summed E-state index contributed by atoms with van der Waals surface area (Å²) in [5.74, 6) is 3.72. The van der Waals surface area contributed by atoms with Crippen LogP contribution in [0.4, 0.5) is 0 Å². The van der Waals surface area contributed by atoms with Crippen molar-refractivity contribution in [2.45, 2.75) is 0 Å². The third-order valence-electron chi connectivity index (χ3n) is 14.0. The number of hydrogen-bond acceptors (Lipinski definition) is 6. The zero-order valence-electron chi connectivity index (χ0n) is 42.4. The lowest BCUT2D eigenvalue weighted by Gasteiger charge is -2.12. The molecule has 0 aliphatic rings. The Bertz CT molecular complexity index is 4180. The summed E-state index contributed by atoms with van der Waals surface area (Å²) in [5, 5.41) is 0. The fourth-order valence-corrected chi connectivity index (χ4v) is 9.92. The second-order valence-corrected chi connectivity index (χ2v) is 19.1. The van der Waals surface area contributed by atoms with Crippen LogP contribution in [0.25, 0.3) is 135 Å². The van der Waals surface area contributed by atoms with E-state index >= 15 is 0 Å². The van der Waals surface area contributed by atoms with Crippen LogP contribution in [0.15, 0.2) is 291 Å². The summed E-state index contributed by atoms with van der Waals surface area (Å²) >= 11 is 0. The summed E-state index contributed by atoms with van der Waals surface area (Å²) in [7, 11) is 0. The number of hydrogen-bond donors (Lipinski definition) is 0. The van der Waals surface area contributed by atoms with Gasteiger partial charge in [-0.05, 0) is 103 Å². The summed E-state index contributed by atoms with van der Waals surface area (Å²) in [6.07, 6.45) is 0. The lowest BCUT2D eigenvalue weighted by molar-refractivity contribution is 1.07. The molecule has 0 spiro atoms. The molecule has 6 heteroatoms. The summed E-state index contributed by atoms with van der Waals surface area (Å²) in [6.45, 7) is 0. The second-order valence-electron chi connectivity index (χ2n) is 19.1. The highest BCUT2D eigenvalue weighted by Gasteiger charge is 2.17. The SMILES string of the molecule is c1ccc(-c2ccc(-c3nc(-c4cccc(-c5ccccc5)c4)nc(-c4cccc(-c5cccc(-c6cccc(-c7cccc(-c8cccc(-c9nc(-c%10ccccc%10)nc(-c%10ccccc%10)n9)c8)c7)c6)c5)c4)n3)cc2)cc1. The highest BCUT2D eigenvalue weighted by atomic mass is 15.0. The van der Waals surface area contributed by atoms with Gasteiger partial charge >= 0.3 is 0 Å². The molecule has 0 saturated carbocycles. The Morgan fingerprint density at radius 3 is 0.551 bits per heavy atom. The summed E-state index contributed by atoms with van der Waals surface area (Å²) in [5.41, 5.74) is 18.9. The molecule has 0 unspecified atom stereocenters. The van der Waals surface area contributed by atoms with Crippen molar-refractivity contribution < 1.29 is 0 Å². The summed E-state index contributed by atoms with van der Waals surface area (Å²) in [4.78, 5) is 30.4. The van der Waals surface area contributed by atoms with Gasteiger partial charge in [0, 0.05) is 33.4 Å². The van der Waals surface area contributed by atoms with E-state index in [0.29, 0.717) is 34.9 Å². The van der Waals surface area contributed by atoms with Crippen molar-refractivity contribution in [1.82, 2.24) is 29.9 Å². The fourth-order valence-electron chi connectivity index (χ4n) is 9.92. The van der Waals surface area contributed by atoms with E-state index in [-0.39, 0.29) is 0 Å². The van der Waals surface area contributed by atoms with Crippen LogP contribution >= 0.6 is 0 Å². The maximum atomic E-state index is 5.18. The van der Waals surface area contributed by atoms with Gasteiger partial charge < -0.3 is 0 Å². The summed E-state index contributed by atoms with van der Waals surface area (Å²) in [6, 6.07) is 101. The third-order valence-corrected chi connectivity index (χ3v) is 14.0. The molecule has 13 rings (SSSR count). The molecule has 0 N–H and O–H groups in total. The lowest BCUT2D eigenvalue weighted by atomic mass is 9.94. The zero-order valence-corrected chi connectivity index (χ0v) is 42.4. The molecule has 0 aliphatic carbocycles. The topological polar surface area (TPSA) is 77.3 Å². The minimum absolute atomic E-state index is 0.604. The molecule has 0 aliphatic heterocycles. The molecule has 6 nitrogen and oxygen atoms in total. The maximum absolute atomic E-state index is 5.18. The molecule has 11 aromatic carbocycles. The smallest absolute Gasteiger partial charge is 0.164 e. The lowest BCUT2D eigenvalue weighted by Crippen LogP contribution is -2.00. The number of benzene rings is 11. The largest absolute Gasteiger partial charge is 0.208 e. The minimum Gasteiger partial charge on any atom is -0.208 e. The molecule has 2 heterocycles. The van der Waals surface area contributed by atoms with Gasteiger partial charge in [-0.1, -0.05) is 255 Å². The van der Waals surface area contributed by atoms with Gasteiger partial charge in [-0.2, -0.15) is 0 Å². The molecule has 0 saturated heterocycles. The van der Waals surface area contributed by atoms with E-state index in [1.54, 1.807) is 0 Å². The molecule has 0 atom stereocenters. The van der Waals surface area contributed by atoms with E-state index in [1.807, 2.05) is 72.8 Å². The van der Waals surface area contributed by atoms with Crippen molar-refractivity contribution in [3.8, 4) is 135 Å². The van der Waals surface area contributed by atoms with Gasteiger partial charge in [0.1, 0.15) is 0 Å². The van der Waals surface area contributed by atoms with Crippen LogP contribution in [0.5, 0.6) is 0 Å². The van der Waals surface area contributed by atoms with E-state index in [0.717, 1.165) is 100 Å². The first-order chi connectivity index (χ1) is 38.6. The van der Waals surface area contributed by atoms with Crippen LogP contribution in [0.2, 0.25) is 0 Å². The van der Waals surface area contributed by atoms with Crippen LogP contribution in [-0.4, -0.2) is 29.9 Å². The van der Waals surface area contributed by atoms with Gasteiger partial charge in [0.2, 0.25) is 0 Å². The predicted molar refractivity (Wildman–Crippen MR) is 318 cm³/mol. The van der Waals surface area contributed by atoms with Crippen molar-refractivity contribution in [3.63, 3.8) is 0 Å². The Hall–Kier alpha value is -10.6. The first-order valence-electron chi connectivity index (χ1n) is 26.1. The Balaban J connectivity index is 0.804. The van der Waals surface area contributed by atoms with E-state index in [9.17, 15) is 0 Å². The third kappa shape index (κ3) is 10.2. The standard InChI is InChI=1S/C72H48N6/c1-5-19-49(20-6-1)51-39-41-54(42-40-51)69-76-71(64-36-16-27-55(46-64)50-21-7-2-8-22-50)78-72(77-69)66-38-18-35-63(48-66)61-33-15-31-59(45-61)57-29-13-28-56(43-57)58-30-14-32-60(44-58)62-34-17-37-65(47-62)70-74-67(52-23-9-3-10-24-52)73-68(75-70)53-25-11-4-12-26-53/h1-48H. The highest BCUT2D eigenvalue weighted by Crippen LogP contribution is 2.36. The van der Waals surface area contributed by atoms with Crippen LogP contribution in [0.1, 0.15) is 0 Å². The molecule has 366 valence electrons. The molecule has 0 bridgehead atoms. The molecular formula is C72H48N6. The van der Waals surface area contributed by atoms with Crippen molar-refractivity contribution >= 4 is 0 Å². The monoisotopic (exact) mass is 996 g/mol. The van der Waals surface area contributed by atoms with Gasteiger partial charge in [0.05, 0.1) is 0 Å². The molecule has 0 amide bonds. The van der Waals surface area contributed by atoms with Gasteiger partial charge in [-0.15, -0.1) is 0 Å². The fraction of sp³-hybridized carbons (Fsp3) is 0. The van der Waals surface area contributed by atoms with Crippen LogP contribution in [0.3, 0.4) is 0 Å². The second kappa shape index (κ2) is 21.4. The van der Waals surface area contributed by atoms with E-state index < -0.39 is 0 Å². The average Bonchev–Trinajstić information content (AvgIpc) is 3.58. The first kappa shape index (κ1) is 47.2. The number of nitrogens with zero attached hydrogens (tertiary/aromatic N) is 6. The van der Waals surface area contributed by atoms with Gasteiger partial charge in [-0.3, -0.25) is 0 Å². The van der Waals surface area contributed by atoms with Gasteiger partial charge in [0.25, 0.3) is 0 Å². The van der Waals surface area contributed by atoms with E-state index in [4.69, 9.17) is 29.9 Å². The molecule has 0 fully saturated rings. The predicted octanol–water partition coefficient (Wildman–Crippen LogP) is 18.1. The quantitative estimate of drug-likeness (QED) is 0.121. The maximum Gasteiger partial charge on any atom is 0.164 e. The molecular weight excluding hydrogens is 949 g/mol. The number of rotatable bonds is 12. The Labute approximate surface area is 453 Å². The minimum atomic E-state index is 0.604. The van der Waals surface area contributed by atoms with Crippen molar-refractivity contribution in [3.05, 3.63) is 291 Å². The number of aromatic nitrogens is 6. The Morgan fingerprint density at radius 1 is 0.115 bits per heavy atom. The van der Waals surface area contributed by atoms with Crippen LogP contribution in [-0.2, 0) is 0 Å². The molecule has 13 aromatic rings. The van der Waals surface area contributed by atoms with E-state index in [2.05, 4.69) is 218 Å². The van der Waals surface area contributed by atoms with E-state index in [1.165, 1.54) is 0 Å². The van der Waals surface area contributed by atoms with Crippen molar-refractivity contribution in [2.75, 3.05) is 0 Å². The van der Waals surface area contributed by atoms with Crippen LogP contribution < -0.4 is 0 Å². The molecule has 78 heavy (non-hydrogen) atoms. The zero-order chi connectivity index (χ0) is 52.0. The molecule has 2 aromatic heterocycles. The van der Waals surface area contributed by atoms with Gasteiger partial charge in [-0.25, -0.2) is 29.9 Å². The first-order valence-corrected chi connectivity index (χ1v) is 26.1. The highest BCUT2D eigenvalue weighted by molar-refractivity contribution is 5.82. The Kier molecular flexibility index (Phi) is 12.9. The molecule has 0 radical (unpaired) electrons. The van der Waals surface area contributed by atoms with Crippen molar-refractivity contribution in [2.24, 2.45) is 0 Å². The summed E-state index contributed by atoms with van der Waals surface area (Å²) < 4.78 is 0. The average molecular weight is 997 g/mol. The van der Waals surface area contributed by atoms with Crippen LogP contribution in [0, 0.1) is 0 Å². The van der Waals surface area contributed by atoms with Crippen molar-refractivity contribution in [1.29, 1.82) is 0 Å². The Morgan fingerprint density at radius 2 is 0.269 bits per heavy atom. The van der Waals surface area contributed by atoms with Gasteiger partial charge in [0.15, 0.2) is 34.9 Å². The normalized spacial score (nSPS) is 11.1.